The minimum Gasteiger partial charge on any atom is -0.381 e. The van der Waals surface area contributed by atoms with Crippen molar-refractivity contribution in [3.63, 3.8) is 0 Å². The molecule has 0 unspecified atom stereocenters. The fraction of sp³-hybridized carbons (Fsp3) is 0.357. The summed E-state index contributed by atoms with van der Waals surface area (Å²) in [5.74, 6) is 0.334. The number of thiophene rings is 1. The SMILES string of the molecule is O=S(=O)(Nc1ccc(NC2CCCC2)cn1)c1cccs1. The van der Waals surface area contributed by atoms with Crippen molar-refractivity contribution in [2.45, 2.75) is 35.9 Å². The number of rotatable bonds is 5. The molecule has 1 aliphatic carbocycles. The summed E-state index contributed by atoms with van der Waals surface area (Å²) in [7, 11) is -3.52. The molecule has 7 heteroatoms. The lowest BCUT2D eigenvalue weighted by atomic mass is 10.2. The van der Waals surface area contributed by atoms with E-state index in [1.165, 1.54) is 37.0 Å². The molecule has 2 heterocycles. The highest BCUT2D eigenvalue weighted by molar-refractivity contribution is 7.94. The standard InChI is InChI=1S/C14H17N3O2S2/c18-21(19,14-6-3-9-20-14)17-13-8-7-12(10-15-13)16-11-4-1-2-5-11/h3,6-11,16H,1-2,4-5H2,(H,15,17). The zero-order chi connectivity index (χ0) is 14.7. The van der Waals surface area contributed by atoms with E-state index in [4.69, 9.17) is 0 Å². The molecule has 0 aliphatic heterocycles. The van der Waals surface area contributed by atoms with E-state index in [2.05, 4.69) is 15.0 Å². The highest BCUT2D eigenvalue weighted by atomic mass is 32.2. The number of aromatic nitrogens is 1. The van der Waals surface area contributed by atoms with Gasteiger partial charge in [-0.25, -0.2) is 13.4 Å². The molecule has 0 spiro atoms. The molecule has 21 heavy (non-hydrogen) atoms. The van der Waals surface area contributed by atoms with Crippen molar-refractivity contribution < 1.29 is 8.42 Å². The maximum atomic E-state index is 12.1. The maximum absolute atomic E-state index is 12.1. The zero-order valence-corrected chi connectivity index (χ0v) is 13.1. The van der Waals surface area contributed by atoms with E-state index in [1.54, 1.807) is 29.8 Å². The van der Waals surface area contributed by atoms with Crippen LogP contribution in [0, 0.1) is 0 Å². The van der Waals surface area contributed by atoms with Gasteiger partial charge in [0.2, 0.25) is 0 Å². The smallest absolute Gasteiger partial charge is 0.272 e. The average molecular weight is 323 g/mol. The summed E-state index contributed by atoms with van der Waals surface area (Å²) in [5, 5.41) is 5.15. The Morgan fingerprint density at radius 1 is 1.19 bits per heavy atom. The first-order valence-corrected chi connectivity index (χ1v) is 9.29. The normalized spacial score (nSPS) is 16.0. The number of hydrogen-bond donors (Lipinski definition) is 2. The van der Waals surface area contributed by atoms with Gasteiger partial charge in [0.05, 0.1) is 11.9 Å². The Morgan fingerprint density at radius 2 is 2.00 bits per heavy atom. The van der Waals surface area contributed by atoms with Gasteiger partial charge in [-0.05, 0) is 36.4 Å². The summed E-state index contributed by atoms with van der Waals surface area (Å²) in [6.07, 6.45) is 6.58. The lowest BCUT2D eigenvalue weighted by Gasteiger charge is -2.13. The first-order chi connectivity index (χ1) is 10.1. The molecule has 3 rings (SSSR count). The van der Waals surface area contributed by atoms with Gasteiger partial charge in [0.1, 0.15) is 10.0 Å². The number of hydrogen-bond acceptors (Lipinski definition) is 5. The molecule has 2 N–H and O–H groups in total. The Morgan fingerprint density at radius 3 is 2.62 bits per heavy atom. The highest BCUT2D eigenvalue weighted by Gasteiger charge is 2.17. The Labute approximate surface area is 128 Å². The lowest BCUT2D eigenvalue weighted by Crippen LogP contribution is -2.15. The van der Waals surface area contributed by atoms with Crippen molar-refractivity contribution in [3.05, 3.63) is 35.8 Å². The van der Waals surface area contributed by atoms with Crippen molar-refractivity contribution >= 4 is 32.9 Å². The minimum absolute atomic E-state index is 0.289. The van der Waals surface area contributed by atoms with Gasteiger partial charge in [-0.3, -0.25) is 4.72 Å². The molecule has 112 valence electrons. The van der Waals surface area contributed by atoms with Crippen molar-refractivity contribution in [2.75, 3.05) is 10.0 Å². The molecule has 0 radical (unpaired) electrons. The summed E-state index contributed by atoms with van der Waals surface area (Å²) < 4.78 is 26.9. The molecule has 1 fully saturated rings. The number of anilines is 2. The predicted molar refractivity (Wildman–Crippen MR) is 85.2 cm³/mol. The van der Waals surface area contributed by atoms with E-state index in [9.17, 15) is 8.42 Å². The van der Waals surface area contributed by atoms with Crippen LogP contribution in [0.1, 0.15) is 25.7 Å². The Balaban J connectivity index is 1.67. The maximum Gasteiger partial charge on any atom is 0.272 e. The monoisotopic (exact) mass is 323 g/mol. The van der Waals surface area contributed by atoms with Gasteiger partial charge in [0, 0.05) is 6.04 Å². The quantitative estimate of drug-likeness (QED) is 0.885. The van der Waals surface area contributed by atoms with Gasteiger partial charge in [-0.1, -0.05) is 18.9 Å². The van der Waals surface area contributed by atoms with Crippen LogP contribution in [0.2, 0.25) is 0 Å². The molecule has 0 amide bonds. The molecule has 0 atom stereocenters. The van der Waals surface area contributed by atoms with Crippen LogP contribution in [-0.4, -0.2) is 19.4 Å². The molecule has 2 aromatic rings. The van der Waals surface area contributed by atoms with Gasteiger partial charge in [0.25, 0.3) is 10.0 Å². The van der Waals surface area contributed by atoms with E-state index in [-0.39, 0.29) is 4.21 Å². The number of nitrogens with zero attached hydrogens (tertiary/aromatic N) is 1. The highest BCUT2D eigenvalue weighted by Crippen LogP contribution is 2.23. The fourth-order valence-electron chi connectivity index (χ4n) is 2.45. The van der Waals surface area contributed by atoms with Crippen LogP contribution in [0.25, 0.3) is 0 Å². The van der Waals surface area contributed by atoms with E-state index in [0.29, 0.717) is 11.9 Å². The first-order valence-electron chi connectivity index (χ1n) is 6.92. The number of nitrogens with one attached hydrogen (secondary N) is 2. The second-order valence-corrected chi connectivity index (χ2v) is 7.95. The van der Waals surface area contributed by atoms with E-state index < -0.39 is 10.0 Å². The zero-order valence-electron chi connectivity index (χ0n) is 11.5. The summed E-state index contributed by atoms with van der Waals surface area (Å²) in [6.45, 7) is 0. The Hall–Kier alpha value is -1.60. The molecule has 1 saturated carbocycles. The van der Waals surface area contributed by atoms with Crippen LogP contribution in [0.5, 0.6) is 0 Å². The van der Waals surface area contributed by atoms with Gasteiger partial charge in [-0.2, -0.15) is 0 Å². The van der Waals surface area contributed by atoms with Crippen LogP contribution < -0.4 is 10.0 Å². The molecule has 1 aliphatic rings. The van der Waals surface area contributed by atoms with Crippen LogP contribution in [0.15, 0.2) is 40.1 Å². The molecular formula is C14H17N3O2S2. The second-order valence-electron chi connectivity index (χ2n) is 5.10. The lowest BCUT2D eigenvalue weighted by molar-refractivity contribution is 0.603. The van der Waals surface area contributed by atoms with Gasteiger partial charge in [0.15, 0.2) is 0 Å². The van der Waals surface area contributed by atoms with Gasteiger partial charge < -0.3 is 5.32 Å². The van der Waals surface area contributed by atoms with E-state index in [0.717, 1.165) is 5.69 Å². The Bertz CT molecular complexity index is 676. The molecule has 2 aromatic heterocycles. The van der Waals surface area contributed by atoms with E-state index >= 15 is 0 Å². The van der Waals surface area contributed by atoms with Crippen molar-refractivity contribution in [1.29, 1.82) is 0 Å². The Kier molecular flexibility index (Phi) is 4.12. The van der Waals surface area contributed by atoms with Crippen LogP contribution in [-0.2, 0) is 10.0 Å². The third-order valence-corrected chi connectivity index (χ3v) is 6.24. The molecule has 5 nitrogen and oxygen atoms in total. The van der Waals surface area contributed by atoms with Crippen molar-refractivity contribution in [1.82, 2.24) is 4.98 Å². The predicted octanol–water partition coefficient (Wildman–Crippen LogP) is 3.30. The first kappa shape index (κ1) is 14.3. The topological polar surface area (TPSA) is 71.1 Å². The van der Waals surface area contributed by atoms with Crippen LogP contribution in [0.3, 0.4) is 0 Å². The largest absolute Gasteiger partial charge is 0.381 e. The summed E-state index contributed by atoms with van der Waals surface area (Å²) in [4.78, 5) is 4.17. The minimum atomic E-state index is -3.52. The van der Waals surface area contributed by atoms with E-state index in [1.807, 2.05) is 6.07 Å². The van der Waals surface area contributed by atoms with Crippen LogP contribution >= 0.6 is 11.3 Å². The van der Waals surface area contributed by atoms with Gasteiger partial charge >= 0.3 is 0 Å². The third-order valence-electron chi connectivity index (χ3n) is 3.49. The van der Waals surface area contributed by atoms with Crippen LogP contribution in [0.4, 0.5) is 11.5 Å². The number of sulfonamides is 1. The fourth-order valence-corrected chi connectivity index (χ4v) is 4.45. The number of pyridine rings is 1. The second kappa shape index (κ2) is 6.03. The molecule has 0 saturated heterocycles. The van der Waals surface area contributed by atoms with Crippen molar-refractivity contribution in [2.24, 2.45) is 0 Å². The average Bonchev–Trinajstić information content (AvgIpc) is 3.13. The summed E-state index contributed by atoms with van der Waals surface area (Å²) in [6, 6.07) is 7.34. The third kappa shape index (κ3) is 3.54. The van der Waals surface area contributed by atoms with Gasteiger partial charge in [-0.15, -0.1) is 11.3 Å². The summed E-state index contributed by atoms with van der Waals surface area (Å²) >= 11 is 1.18. The molecular weight excluding hydrogens is 306 g/mol. The summed E-state index contributed by atoms with van der Waals surface area (Å²) in [5.41, 5.74) is 0.931. The molecule has 0 aromatic carbocycles. The molecule has 0 bridgehead atoms. The van der Waals surface area contributed by atoms with Crippen molar-refractivity contribution in [3.8, 4) is 0 Å².